The van der Waals surface area contributed by atoms with Crippen LogP contribution in [0, 0.1) is 0 Å². The Kier molecular flexibility index (Phi) is 6.87. The summed E-state index contributed by atoms with van der Waals surface area (Å²) in [6.45, 7) is -0.747. The highest BCUT2D eigenvalue weighted by Gasteiger charge is 2.45. The average Bonchev–Trinajstić information content (AvgIpc) is 2.76. The van der Waals surface area contributed by atoms with Gasteiger partial charge in [0.25, 0.3) is 0 Å². The van der Waals surface area contributed by atoms with Crippen molar-refractivity contribution in [3.63, 3.8) is 0 Å². The molecule has 172 valence electrons. The van der Waals surface area contributed by atoms with Crippen molar-refractivity contribution in [3.8, 4) is 28.7 Å². The van der Waals surface area contributed by atoms with Gasteiger partial charge in [-0.15, -0.1) is 0 Å². The molecule has 5 atom stereocenters. The summed E-state index contributed by atoms with van der Waals surface area (Å²) in [5.41, 5.74) is -0.0673. The summed E-state index contributed by atoms with van der Waals surface area (Å²) in [7, 11) is 0. The second-order valence-electron chi connectivity index (χ2n) is 7.07. The Morgan fingerprint density at radius 2 is 1.62 bits per heavy atom. The van der Waals surface area contributed by atoms with Crippen molar-refractivity contribution in [2.75, 3.05) is 6.61 Å². The van der Waals surface area contributed by atoms with Gasteiger partial charge < -0.3 is 50.3 Å². The van der Waals surface area contributed by atoms with E-state index in [1.807, 2.05) is 0 Å². The number of allylic oxidation sites excluding steroid dienone is 1. The van der Waals surface area contributed by atoms with E-state index >= 15 is 0 Å². The average molecular weight is 450 g/mol. The molecule has 1 heterocycles. The molecule has 0 amide bonds. The molecule has 2 aromatic rings. The van der Waals surface area contributed by atoms with E-state index in [0.29, 0.717) is 11.6 Å². The molecule has 8 N–H and O–H groups in total. The SMILES string of the molecule is O=C(/C=C/c1ccc(O)cc1)c1c(O)cc(O)c(O)c1OC1O[C@H](CO)[C@@H](O)[C@H](O)[C@H]1O. The Hall–Kier alpha value is -3.35. The van der Waals surface area contributed by atoms with Gasteiger partial charge in [0.1, 0.15) is 41.5 Å². The normalized spacial score (nSPS) is 25.7. The fraction of sp³-hybridized carbons (Fsp3) is 0.286. The van der Waals surface area contributed by atoms with Gasteiger partial charge in [-0.2, -0.15) is 0 Å². The fourth-order valence-electron chi connectivity index (χ4n) is 3.10. The molecule has 2 aromatic carbocycles. The van der Waals surface area contributed by atoms with E-state index in [0.717, 1.165) is 6.08 Å². The quantitative estimate of drug-likeness (QED) is 0.123. The second-order valence-corrected chi connectivity index (χ2v) is 7.07. The highest BCUT2D eigenvalue weighted by Crippen LogP contribution is 2.45. The second kappa shape index (κ2) is 9.42. The molecule has 11 heteroatoms. The minimum Gasteiger partial charge on any atom is -0.508 e. The van der Waals surface area contributed by atoms with Gasteiger partial charge in [0.05, 0.1) is 6.61 Å². The van der Waals surface area contributed by atoms with Crippen LogP contribution in [-0.4, -0.2) is 83.9 Å². The van der Waals surface area contributed by atoms with Crippen LogP contribution < -0.4 is 4.74 Å². The van der Waals surface area contributed by atoms with Crippen LogP contribution in [0.1, 0.15) is 15.9 Å². The van der Waals surface area contributed by atoms with Crippen LogP contribution in [0.4, 0.5) is 0 Å². The van der Waals surface area contributed by atoms with E-state index in [1.165, 1.54) is 30.3 Å². The molecular formula is C21H22O11. The smallest absolute Gasteiger partial charge is 0.229 e. The number of aliphatic hydroxyl groups is 4. The number of rotatable bonds is 6. The van der Waals surface area contributed by atoms with E-state index in [9.17, 15) is 45.6 Å². The molecule has 1 aliphatic heterocycles. The monoisotopic (exact) mass is 450 g/mol. The summed E-state index contributed by atoms with van der Waals surface area (Å²) >= 11 is 0. The van der Waals surface area contributed by atoms with Crippen molar-refractivity contribution in [2.45, 2.75) is 30.7 Å². The zero-order chi connectivity index (χ0) is 23.6. The molecule has 32 heavy (non-hydrogen) atoms. The van der Waals surface area contributed by atoms with Gasteiger partial charge >= 0.3 is 0 Å². The Morgan fingerprint density at radius 1 is 0.969 bits per heavy atom. The molecule has 0 aliphatic carbocycles. The maximum absolute atomic E-state index is 12.7. The van der Waals surface area contributed by atoms with Crippen molar-refractivity contribution >= 4 is 11.9 Å². The van der Waals surface area contributed by atoms with Crippen molar-refractivity contribution in [1.82, 2.24) is 0 Å². The van der Waals surface area contributed by atoms with Crippen LogP contribution in [0.2, 0.25) is 0 Å². The first-order valence-electron chi connectivity index (χ1n) is 9.40. The lowest BCUT2D eigenvalue weighted by atomic mass is 9.99. The van der Waals surface area contributed by atoms with E-state index < -0.39 is 71.7 Å². The number of ether oxygens (including phenoxy) is 2. The predicted octanol–water partition coefficient (Wildman–Crippen LogP) is -0.416. The summed E-state index contributed by atoms with van der Waals surface area (Å²) in [4.78, 5) is 12.7. The van der Waals surface area contributed by atoms with Crippen molar-refractivity contribution in [1.29, 1.82) is 0 Å². The number of carbonyl (C=O) groups excluding carboxylic acids is 1. The van der Waals surface area contributed by atoms with E-state index in [1.54, 1.807) is 0 Å². The van der Waals surface area contributed by atoms with Crippen molar-refractivity contribution in [3.05, 3.63) is 47.5 Å². The van der Waals surface area contributed by atoms with E-state index in [2.05, 4.69) is 0 Å². The molecule has 1 unspecified atom stereocenters. The topological polar surface area (TPSA) is 197 Å². The van der Waals surface area contributed by atoms with Crippen molar-refractivity contribution in [2.24, 2.45) is 0 Å². The number of phenols is 4. The van der Waals surface area contributed by atoms with Gasteiger partial charge in [-0.1, -0.05) is 18.2 Å². The molecule has 0 saturated carbocycles. The van der Waals surface area contributed by atoms with Gasteiger partial charge in [-0.3, -0.25) is 4.79 Å². The summed E-state index contributed by atoms with van der Waals surface area (Å²) in [5, 5.41) is 78.8. The predicted molar refractivity (Wildman–Crippen MR) is 107 cm³/mol. The minimum atomic E-state index is -1.87. The van der Waals surface area contributed by atoms with Crippen LogP contribution in [0.25, 0.3) is 6.08 Å². The maximum Gasteiger partial charge on any atom is 0.229 e. The largest absolute Gasteiger partial charge is 0.508 e. The van der Waals surface area contributed by atoms with Crippen LogP contribution >= 0.6 is 0 Å². The summed E-state index contributed by atoms with van der Waals surface area (Å²) < 4.78 is 10.5. The molecular weight excluding hydrogens is 428 g/mol. The Bertz CT molecular complexity index is 1000. The highest BCUT2D eigenvalue weighted by atomic mass is 16.7. The van der Waals surface area contributed by atoms with Gasteiger partial charge in [0, 0.05) is 6.07 Å². The van der Waals surface area contributed by atoms with Crippen LogP contribution in [0.5, 0.6) is 28.7 Å². The first kappa shape index (κ1) is 23.3. The molecule has 1 saturated heterocycles. The third-order valence-corrected chi connectivity index (χ3v) is 4.86. The first-order valence-corrected chi connectivity index (χ1v) is 9.40. The Labute approximate surface area is 181 Å². The van der Waals surface area contributed by atoms with Gasteiger partial charge in [-0.25, -0.2) is 0 Å². The Morgan fingerprint density at radius 3 is 2.25 bits per heavy atom. The molecule has 1 fully saturated rings. The number of benzene rings is 2. The molecule has 1 aliphatic rings. The summed E-state index contributed by atoms with van der Waals surface area (Å²) in [5.74, 6) is -4.18. The number of phenolic OH excluding ortho intramolecular Hbond substituents is 4. The van der Waals surface area contributed by atoms with Crippen LogP contribution in [0.15, 0.2) is 36.4 Å². The molecule has 3 rings (SSSR count). The first-order chi connectivity index (χ1) is 15.1. The molecule has 0 spiro atoms. The zero-order valence-corrected chi connectivity index (χ0v) is 16.4. The number of aliphatic hydroxyl groups excluding tert-OH is 4. The van der Waals surface area contributed by atoms with Crippen molar-refractivity contribution < 1.29 is 55.1 Å². The Balaban J connectivity index is 1.95. The summed E-state index contributed by atoms with van der Waals surface area (Å²) in [6.07, 6.45) is -6.08. The third-order valence-electron chi connectivity index (χ3n) is 4.86. The number of ketones is 1. The molecule has 0 bridgehead atoms. The highest BCUT2D eigenvalue weighted by molar-refractivity contribution is 6.11. The summed E-state index contributed by atoms with van der Waals surface area (Å²) in [6, 6.07) is 6.51. The standard InChI is InChI=1S/C21H22O11/c22-8-14-17(28)18(29)19(30)21(31-14)32-20-15(12(25)7-13(26)16(20)27)11(24)6-3-9-1-4-10(23)5-2-9/h1-7,14,17-19,21-23,25-30H,8H2/b6-3+/t14-,17-,18+,19-,21?/m1/s1. The molecule has 0 aromatic heterocycles. The molecule has 11 nitrogen and oxygen atoms in total. The van der Waals surface area contributed by atoms with Gasteiger partial charge in [0.2, 0.25) is 12.0 Å². The lowest BCUT2D eigenvalue weighted by Crippen LogP contribution is -2.60. The van der Waals surface area contributed by atoms with E-state index in [4.69, 9.17) is 9.47 Å². The van der Waals surface area contributed by atoms with E-state index in [-0.39, 0.29) is 5.75 Å². The maximum atomic E-state index is 12.7. The number of carbonyl (C=O) groups is 1. The molecule has 0 radical (unpaired) electrons. The lowest BCUT2D eigenvalue weighted by Gasteiger charge is -2.39. The fourth-order valence-corrected chi connectivity index (χ4v) is 3.10. The number of hydrogen-bond donors (Lipinski definition) is 8. The number of hydrogen-bond acceptors (Lipinski definition) is 11. The third kappa shape index (κ3) is 4.61. The van der Waals surface area contributed by atoms with Gasteiger partial charge in [0.15, 0.2) is 17.3 Å². The van der Waals surface area contributed by atoms with Crippen LogP contribution in [0.3, 0.4) is 0 Å². The lowest BCUT2D eigenvalue weighted by molar-refractivity contribution is -0.277. The van der Waals surface area contributed by atoms with Gasteiger partial charge in [-0.05, 0) is 23.8 Å². The number of aromatic hydroxyl groups is 4. The zero-order valence-electron chi connectivity index (χ0n) is 16.4. The minimum absolute atomic E-state index is 0.0183. The van der Waals surface area contributed by atoms with Crippen LogP contribution in [-0.2, 0) is 4.74 Å².